The number of para-hydroxylation sites is 1. The first-order chi connectivity index (χ1) is 10.6. The van der Waals surface area contributed by atoms with Gasteiger partial charge in [-0.25, -0.2) is 4.68 Å². The second-order valence-corrected chi connectivity index (χ2v) is 5.77. The Morgan fingerprint density at radius 2 is 1.86 bits per heavy atom. The van der Waals surface area contributed by atoms with Crippen molar-refractivity contribution in [1.29, 1.82) is 0 Å². The van der Waals surface area contributed by atoms with E-state index in [4.69, 9.17) is 0 Å². The predicted octanol–water partition coefficient (Wildman–Crippen LogP) is 1.58. The Hall–Kier alpha value is -2.61. The zero-order valence-electron chi connectivity index (χ0n) is 12.1. The number of thioether (sulfide) groups is 1. The largest absolute Gasteiger partial charge is 0.382 e. The van der Waals surface area contributed by atoms with E-state index in [0.717, 1.165) is 5.69 Å². The number of hydrogen-bond donors (Lipinski definition) is 0. The number of nitrogens with zero attached hydrogens (tertiary/aromatic N) is 6. The minimum atomic E-state index is -0.100. The number of amidine groups is 1. The standard InChI is InChI=1S/C14H14N6OS/c1-18(2)8-12-13(21)20(11-6-4-3-5-7-11)14(22-12)17-19-9-15-16-10-19/h3-10H,1-2H3/b12-8-,17-14+. The lowest BCUT2D eigenvalue weighted by Crippen LogP contribution is -2.29. The van der Waals surface area contributed by atoms with Crippen LogP contribution in [-0.4, -0.2) is 44.9 Å². The number of carbonyl (C=O) groups excluding carboxylic acids is 1. The molecule has 0 unspecified atom stereocenters. The fraction of sp³-hybridized carbons (Fsp3) is 0.143. The molecular formula is C14H14N6OS. The molecular weight excluding hydrogens is 300 g/mol. The molecule has 1 aliphatic heterocycles. The number of aromatic nitrogens is 3. The van der Waals surface area contributed by atoms with Crippen LogP contribution in [0.25, 0.3) is 0 Å². The maximum Gasteiger partial charge on any atom is 0.272 e. The topological polar surface area (TPSA) is 66.6 Å². The van der Waals surface area contributed by atoms with Crippen LogP contribution in [0.1, 0.15) is 0 Å². The van der Waals surface area contributed by atoms with Crippen LogP contribution in [0.5, 0.6) is 0 Å². The number of carbonyl (C=O) groups is 1. The van der Waals surface area contributed by atoms with Crippen molar-refractivity contribution < 1.29 is 4.79 Å². The van der Waals surface area contributed by atoms with Crippen molar-refractivity contribution in [2.75, 3.05) is 19.0 Å². The zero-order valence-corrected chi connectivity index (χ0v) is 12.9. The van der Waals surface area contributed by atoms with Crippen LogP contribution in [-0.2, 0) is 4.79 Å². The first-order valence-electron chi connectivity index (χ1n) is 6.54. The number of benzene rings is 1. The van der Waals surface area contributed by atoms with E-state index in [2.05, 4.69) is 15.3 Å². The van der Waals surface area contributed by atoms with E-state index in [9.17, 15) is 4.79 Å². The Morgan fingerprint density at radius 3 is 2.50 bits per heavy atom. The van der Waals surface area contributed by atoms with Gasteiger partial charge < -0.3 is 4.90 Å². The maximum atomic E-state index is 12.7. The molecule has 3 rings (SSSR count). The van der Waals surface area contributed by atoms with Gasteiger partial charge in [-0.2, -0.15) is 0 Å². The monoisotopic (exact) mass is 314 g/mol. The summed E-state index contributed by atoms with van der Waals surface area (Å²) in [5, 5.41) is 12.4. The first kappa shape index (κ1) is 14.3. The Bertz CT molecular complexity index is 723. The summed E-state index contributed by atoms with van der Waals surface area (Å²) < 4.78 is 1.48. The molecule has 1 aromatic heterocycles. The molecule has 1 aromatic carbocycles. The van der Waals surface area contributed by atoms with Crippen molar-refractivity contribution >= 4 is 28.5 Å². The van der Waals surface area contributed by atoms with Crippen LogP contribution in [0, 0.1) is 0 Å². The van der Waals surface area contributed by atoms with Gasteiger partial charge in [-0.3, -0.25) is 9.69 Å². The summed E-state index contributed by atoms with van der Waals surface area (Å²) in [7, 11) is 3.76. The van der Waals surface area contributed by atoms with E-state index in [1.54, 1.807) is 11.1 Å². The molecule has 7 nitrogen and oxygen atoms in total. The molecule has 2 aromatic rings. The molecule has 0 spiro atoms. The summed E-state index contributed by atoms with van der Waals surface area (Å²) in [6, 6.07) is 9.43. The van der Waals surface area contributed by atoms with E-state index in [1.165, 1.54) is 29.1 Å². The van der Waals surface area contributed by atoms with Crippen molar-refractivity contribution in [1.82, 2.24) is 19.8 Å². The third-order valence-corrected chi connectivity index (χ3v) is 3.75. The summed E-state index contributed by atoms with van der Waals surface area (Å²) in [4.78, 5) is 16.7. The SMILES string of the molecule is CN(C)/C=C1\S/C(=N/n2cnnc2)N(c2ccccc2)C1=O. The quantitative estimate of drug-likeness (QED) is 0.805. The number of anilines is 1. The summed E-state index contributed by atoms with van der Waals surface area (Å²) in [5.74, 6) is -0.100. The smallest absolute Gasteiger partial charge is 0.272 e. The average molecular weight is 314 g/mol. The molecule has 0 N–H and O–H groups in total. The fourth-order valence-corrected chi connectivity index (χ4v) is 2.97. The molecule has 112 valence electrons. The van der Waals surface area contributed by atoms with Gasteiger partial charge in [0.1, 0.15) is 12.7 Å². The molecule has 0 radical (unpaired) electrons. The molecule has 1 fully saturated rings. The Labute approximate surface area is 131 Å². The van der Waals surface area contributed by atoms with E-state index in [1.807, 2.05) is 49.3 Å². The molecule has 0 atom stereocenters. The first-order valence-corrected chi connectivity index (χ1v) is 7.36. The second-order valence-electron chi connectivity index (χ2n) is 4.76. The normalized spacial score (nSPS) is 18.5. The van der Waals surface area contributed by atoms with Crippen LogP contribution in [0.3, 0.4) is 0 Å². The molecule has 0 bridgehead atoms. The highest BCUT2D eigenvalue weighted by Crippen LogP contribution is 2.34. The minimum Gasteiger partial charge on any atom is -0.382 e. The lowest BCUT2D eigenvalue weighted by atomic mass is 10.3. The summed E-state index contributed by atoms with van der Waals surface area (Å²) in [5.41, 5.74) is 0.772. The second kappa shape index (κ2) is 6.02. The van der Waals surface area contributed by atoms with Gasteiger partial charge in [0.05, 0.1) is 10.6 Å². The van der Waals surface area contributed by atoms with Crippen molar-refractivity contribution in [2.24, 2.45) is 5.10 Å². The van der Waals surface area contributed by atoms with E-state index in [0.29, 0.717) is 10.1 Å². The number of rotatable bonds is 3. The molecule has 1 amide bonds. The summed E-state index contributed by atoms with van der Waals surface area (Å²) >= 11 is 1.32. The number of hydrogen-bond acceptors (Lipinski definition) is 6. The van der Waals surface area contributed by atoms with Gasteiger partial charge >= 0.3 is 0 Å². The third kappa shape index (κ3) is 2.86. The zero-order chi connectivity index (χ0) is 15.5. The Morgan fingerprint density at radius 1 is 1.18 bits per heavy atom. The number of amides is 1. The minimum absolute atomic E-state index is 0.100. The van der Waals surface area contributed by atoms with Gasteiger partial charge in [0.2, 0.25) is 5.17 Å². The van der Waals surface area contributed by atoms with Crippen molar-refractivity contribution in [3.05, 3.63) is 54.1 Å². The van der Waals surface area contributed by atoms with Crippen LogP contribution >= 0.6 is 11.8 Å². The summed E-state index contributed by atoms with van der Waals surface area (Å²) in [6.45, 7) is 0. The Kier molecular flexibility index (Phi) is 3.92. The third-order valence-electron chi connectivity index (χ3n) is 2.80. The Balaban J connectivity index is 2.04. The molecule has 0 saturated carbocycles. The van der Waals surface area contributed by atoms with Crippen LogP contribution < -0.4 is 4.90 Å². The van der Waals surface area contributed by atoms with Crippen LogP contribution in [0.2, 0.25) is 0 Å². The summed E-state index contributed by atoms with van der Waals surface area (Å²) in [6.07, 6.45) is 4.75. The molecule has 1 aliphatic rings. The van der Waals surface area contributed by atoms with Gasteiger partial charge in [-0.1, -0.05) is 18.2 Å². The molecule has 1 saturated heterocycles. The van der Waals surface area contributed by atoms with Gasteiger partial charge in [0.25, 0.3) is 5.91 Å². The molecule has 22 heavy (non-hydrogen) atoms. The molecule has 8 heteroatoms. The molecule has 2 heterocycles. The van der Waals surface area contributed by atoms with Gasteiger partial charge in [0.15, 0.2) is 0 Å². The average Bonchev–Trinajstić information content (AvgIpc) is 3.09. The molecule has 0 aliphatic carbocycles. The van der Waals surface area contributed by atoms with Crippen LogP contribution in [0.15, 0.2) is 59.2 Å². The highest BCUT2D eigenvalue weighted by molar-refractivity contribution is 8.19. The highest BCUT2D eigenvalue weighted by atomic mass is 32.2. The van der Waals surface area contributed by atoms with Gasteiger partial charge in [-0.15, -0.1) is 15.3 Å². The van der Waals surface area contributed by atoms with E-state index < -0.39 is 0 Å². The fourth-order valence-electron chi connectivity index (χ4n) is 1.92. The lowest BCUT2D eigenvalue weighted by Gasteiger charge is -2.15. The highest BCUT2D eigenvalue weighted by Gasteiger charge is 2.35. The lowest BCUT2D eigenvalue weighted by molar-refractivity contribution is -0.113. The predicted molar refractivity (Wildman–Crippen MR) is 86.1 cm³/mol. The van der Waals surface area contributed by atoms with Gasteiger partial charge in [-0.05, 0) is 23.9 Å². The van der Waals surface area contributed by atoms with E-state index in [-0.39, 0.29) is 5.91 Å². The van der Waals surface area contributed by atoms with Crippen molar-refractivity contribution in [3.8, 4) is 0 Å². The van der Waals surface area contributed by atoms with Crippen molar-refractivity contribution in [3.63, 3.8) is 0 Å². The maximum absolute atomic E-state index is 12.7. The van der Waals surface area contributed by atoms with E-state index >= 15 is 0 Å². The van der Waals surface area contributed by atoms with Crippen LogP contribution in [0.4, 0.5) is 5.69 Å². The van der Waals surface area contributed by atoms with Crippen molar-refractivity contribution in [2.45, 2.75) is 0 Å². The van der Waals surface area contributed by atoms with Gasteiger partial charge in [0, 0.05) is 20.3 Å².